The van der Waals surface area contributed by atoms with Crippen LogP contribution in [0, 0.1) is 0 Å². The van der Waals surface area contributed by atoms with Gasteiger partial charge in [0.15, 0.2) is 0 Å². The second-order valence-electron chi connectivity index (χ2n) is 7.47. The zero-order chi connectivity index (χ0) is 19.9. The topological polar surface area (TPSA) is 58.8 Å². The third-order valence-electron chi connectivity index (χ3n) is 5.47. The number of carbonyl (C=O) groups excluding carboxylic acids is 1. The highest BCUT2D eigenvalue weighted by atomic mass is 32.1. The first-order chi connectivity index (χ1) is 13.6. The number of likely N-dealkylation sites (tertiary alicyclic amines) is 1. The minimum atomic E-state index is -0.219. The summed E-state index contributed by atoms with van der Waals surface area (Å²) in [5, 5.41) is 4.37. The Bertz CT molecular complexity index is 725. The van der Waals surface area contributed by atoms with Gasteiger partial charge in [0.1, 0.15) is 5.75 Å². The van der Waals surface area contributed by atoms with Crippen LogP contribution in [0.25, 0.3) is 0 Å². The van der Waals surface area contributed by atoms with E-state index in [9.17, 15) is 4.79 Å². The van der Waals surface area contributed by atoms with Crippen molar-refractivity contribution in [2.45, 2.75) is 51.7 Å². The zero-order valence-corrected chi connectivity index (χ0v) is 17.7. The standard InChI is InChI=1S/C22H31N3O2S/c1-3-27-21-6-4-19(5-7-21)25(15-18-10-13-28-16-18)20-8-11-24(12-9-20)17(2)14-22(23)26/h4-7,10,13,16-17,20H,3,8-9,11-12,14-15H2,1-2H3,(H2,23,26)/t17-/m1/s1. The normalized spacial score (nSPS) is 16.6. The summed E-state index contributed by atoms with van der Waals surface area (Å²) in [5.41, 5.74) is 7.96. The van der Waals surface area contributed by atoms with Gasteiger partial charge in [0.2, 0.25) is 5.91 Å². The smallest absolute Gasteiger partial charge is 0.218 e. The van der Waals surface area contributed by atoms with Crippen molar-refractivity contribution in [2.75, 3.05) is 24.6 Å². The maximum Gasteiger partial charge on any atom is 0.218 e. The summed E-state index contributed by atoms with van der Waals surface area (Å²) < 4.78 is 5.60. The Balaban J connectivity index is 1.70. The number of anilines is 1. The number of amides is 1. The van der Waals surface area contributed by atoms with Gasteiger partial charge < -0.3 is 15.4 Å². The molecule has 2 N–H and O–H groups in total. The lowest BCUT2D eigenvalue weighted by Gasteiger charge is -2.41. The van der Waals surface area contributed by atoms with E-state index in [1.807, 2.05) is 6.92 Å². The molecule has 1 aliphatic rings. The molecule has 1 saturated heterocycles. The van der Waals surface area contributed by atoms with Crippen LogP contribution in [-0.4, -0.2) is 42.6 Å². The Morgan fingerprint density at radius 1 is 1.29 bits per heavy atom. The summed E-state index contributed by atoms with van der Waals surface area (Å²) >= 11 is 1.74. The fourth-order valence-corrected chi connectivity index (χ4v) is 4.63. The van der Waals surface area contributed by atoms with Crippen LogP contribution in [0.2, 0.25) is 0 Å². The number of benzene rings is 1. The molecule has 1 fully saturated rings. The van der Waals surface area contributed by atoms with Crippen LogP contribution in [0.1, 0.15) is 38.7 Å². The van der Waals surface area contributed by atoms with Crippen molar-refractivity contribution in [1.82, 2.24) is 4.90 Å². The predicted molar refractivity (Wildman–Crippen MR) is 116 cm³/mol. The summed E-state index contributed by atoms with van der Waals surface area (Å²) in [4.78, 5) is 16.2. The van der Waals surface area contributed by atoms with Crippen LogP contribution in [0.3, 0.4) is 0 Å². The third-order valence-corrected chi connectivity index (χ3v) is 6.20. The molecular formula is C22H31N3O2S. The van der Waals surface area contributed by atoms with E-state index in [4.69, 9.17) is 10.5 Å². The molecule has 0 radical (unpaired) electrons. The zero-order valence-electron chi connectivity index (χ0n) is 16.8. The van der Waals surface area contributed by atoms with Crippen LogP contribution in [0.4, 0.5) is 5.69 Å². The number of primary amides is 1. The van der Waals surface area contributed by atoms with Crippen LogP contribution in [0.15, 0.2) is 41.1 Å². The lowest BCUT2D eigenvalue weighted by atomic mass is 9.99. The molecule has 1 aliphatic heterocycles. The Kier molecular flexibility index (Phi) is 7.34. The van der Waals surface area contributed by atoms with Crippen molar-refractivity contribution in [3.8, 4) is 5.75 Å². The van der Waals surface area contributed by atoms with E-state index in [0.717, 1.165) is 38.2 Å². The van der Waals surface area contributed by atoms with Crippen molar-refractivity contribution >= 4 is 22.9 Å². The molecule has 0 saturated carbocycles. The maximum atomic E-state index is 11.2. The molecule has 2 heterocycles. The molecule has 1 atom stereocenters. The van der Waals surface area contributed by atoms with Crippen LogP contribution in [-0.2, 0) is 11.3 Å². The van der Waals surface area contributed by atoms with Gasteiger partial charge in [-0.2, -0.15) is 11.3 Å². The van der Waals surface area contributed by atoms with Gasteiger partial charge in [0.25, 0.3) is 0 Å². The third kappa shape index (κ3) is 5.49. The number of thiophene rings is 1. The molecule has 0 bridgehead atoms. The Morgan fingerprint density at radius 3 is 2.57 bits per heavy atom. The first-order valence-corrected chi connectivity index (χ1v) is 11.0. The molecule has 0 unspecified atom stereocenters. The van der Waals surface area contributed by atoms with E-state index in [0.29, 0.717) is 19.1 Å². The summed E-state index contributed by atoms with van der Waals surface area (Å²) in [6, 6.07) is 11.4. The number of piperidine rings is 1. The molecular weight excluding hydrogens is 370 g/mol. The molecule has 1 aromatic heterocycles. The van der Waals surface area contributed by atoms with Crippen LogP contribution >= 0.6 is 11.3 Å². The second kappa shape index (κ2) is 9.94. The largest absolute Gasteiger partial charge is 0.494 e. The van der Waals surface area contributed by atoms with E-state index in [1.165, 1.54) is 11.3 Å². The lowest BCUT2D eigenvalue weighted by Crippen LogP contribution is -2.48. The molecule has 6 heteroatoms. The maximum absolute atomic E-state index is 11.2. The van der Waals surface area contributed by atoms with Gasteiger partial charge in [0, 0.05) is 43.8 Å². The molecule has 3 rings (SSSR count). The lowest BCUT2D eigenvalue weighted by molar-refractivity contribution is -0.119. The van der Waals surface area contributed by atoms with Crippen molar-refractivity contribution in [1.29, 1.82) is 0 Å². The highest BCUT2D eigenvalue weighted by Gasteiger charge is 2.27. The van der Waals surface area contributed by atoms with Gasteiger partial charge in [-0.3, -0.25) is 9.69 Å². The van der Waals surface area contributed by atoms with Crippen LogP contribution < -0.4 is 15.4 Å². The van der Waals surface area contributed by atoms with E-state index < -0.39 is 0 Å². The molecule has 152 valence electrons. The van der Waals surface area contributed by atoms with Gasteiger partial charge in [-0.1, -0.05) is 0 Å². The number of nitrogens with zero attached hydrogens (tertiary/aromatic N) is 2. The summed E-state index contributed by atoms with van der Waals surface area (Å²) in [6.45, 7) is 7.69. The van der Waals surface area contributed by atoms with Crippen molar-refractivity contribution < 1.29 is 9.53 Å². The monoisotopic (exact) mass is 401 g/mol. The second-order valence-corrected chi connectivity index (χ2v) is 8.25. The van der Waals surface area contributed by atoms with Gasteiger partial charge in [0.05, 0.1) is 6.61 Å². The van der Waals surface area contributed by atoms with E-state index in [1.54, 1.807) is 11.3 Å². The van der Waals surface area contributed by atoms with Crippen molar-refractivity contribution in [3.05, 3.63) is 46.7 Å². The average molecular weight is 402 g/mol. The number of rotatable bonds is 9. The fourth-order valence-electron chi connectivity index (χ4n) is 3.97. The Hall–Kier alpha value is -2.05. The summed E-state index contributed by atoms with van der Waals surface area (Å²) in [6.07, 6.45) is 2.60. The predicted octanol–water partition coefficient (Wildman–Crippen LogP) is 3.88. The molecule has 28 heavy (non-hydrogen) atoms. The summed E-state index contributed by atoms with van der Waals surface area (Å²) in [5.74, 6) is 0.694. The van der Waals surface area contributed by atoms with E-state index >= 15 is 0 Å². The number of hydrogen-bond donors (Lipinski definition) is 1. The van der Waals surface area contributed by atoms with Crippen molar-refractivity contribution in [3.63, 3.8) is 0 Å². The molecule has 0 aliphatic carbocycles. The molecule has 0 spiro atoms. The first-order valence-electron chi connectivity index (χ1n) is 10.1. The molecule has 5 nitrogen and oxygen atoms in total. The molecule has 2 aromatic rings. The highest BCUT2D eigenvalue weighted by molar-refractivity contribution is 7.07. The van der Waals surface area contributed by atoms with Gasteiger partial charge in [-0.15, -0.1) is 0 Å². The van der Waals surface area contributed by atoms with E-state index in [2.05, 4.69) is 57.8 Å². The van der Waals surface area contributed by atoms with Gasteiger partial charge in [-0.05, 0) is 73.3 Å². The summed E-state index contributed by atoms with van der Waals surface area (Å²) in [7, 11) is 0. The minimum Gasteiger partial charge on any atom is -0.494 e. The number of hydrogen-bond acceptors (Lipinski definition) is 5. The quantitative estimate of drug-likeness (QED) is 0.693. The molecule has 1 aromatic carbocycles. The number of nitrogens with two attached hydrogens (primary N) is 1. The molecule has 1 amide bonds. The fraction of sp³-hybridized carbons (Fsp3) is 0.500. The number of ether oxygens (including phenoxy) is 1. The van der Waals surface area contributed by atoms with Gasteiger partial charge in [-0.25, -0.2) is 0 Å². The SMILES string of the molecule is CCOc1ccc(N(Cc2ccsc2)C2CCN([C@H](C)CC(N)=O)CC2)cc1. The highest BCUT2D eigenvalue weighted by Crippen LogP contribution is 2.29. The first kappa shape index (κ1) is 20.7. The average Bonchev–Trinajstić information content (AvgIpc) is 3.20. The van der Waals surface area contributed by atoms with Crippen molar-refractivity contribution in [2.24, 2.45) is 5.73 Å². The van der Waals surface area contributed by atoms with Gasteiger partial charge >= 0.3 is 0 Å². The Labute approximate surface area is 172 Å². The van der Waals surface area contributed by atoms with Crippen LogP contribution in [0.5, 0.6) is 5.75 Å². The number of carbonyl (C=O) groups is 1. The Morgan fingerprint density at radius 2 is 2.00 bits per heavy atom. The van der Waals surface area contributed by atoms with E-state index in [-0.39, 0.29) is 11.9 Å². The minimum absolute atomic E-state index is 0.217.